The summed E-state index contributed by atoms with van der Waals surface area (Å²) in [6.45, 7) is 7.90. The third-order valence-electron chi connectivity index (χ3n) is 2.66. The summed E-state index contributed by atoms with van der Waals surface area (Å²) < 4.78 is 5.12. The van der Waals surface area contributed by atoms with E-state index in [-0.39, 0.29) is 17.7 Å². The van der Waals surface area contributed by atoms with Gasteiger partial charge >= 0.3 is 5.63 Å². The lowest BCUT2D eigenvalue weighted by Crippen LogP contribution is -2.14. The number of hydrogen-bond acceptors (Lipinski definition) is 4. The molecule has 4 heteroatoms. The summed E-state index contributed by atoms with van der Waals surface area (Å²) in [4.78, 5) is 16.1. The molecule has 0 unspecified atom stereocenters. The van der Waals surface area contributed by atoms with E-state index >= 15 is 0 Å². The van der Waals surface area contributed by atoms with Crippen LogP contribution in [0.4, 0.5) is 6.01 Å². The Bertz CT molecular complexity index is 615. The van der Waals surface area contributed by atoms with Crippen LogP contribution in [0.3, 0.4) is 0 Å². The van der Waals surface area contributed by atoms with Gasteiger partial charge in [-0.15, -0.1) is 0 Å². The molecule has 1 aromatic heterocycles. The molecule has 0 atom stereocenters. The van der Waals surface area contributed by atoms with Crippen LogP contribution >= 0.6 is 0 Å². The number of anilines is 1. The minimum Gasteiger partial charge on any atom is -0.389 e. The van der Waals surface area contributed by atoms with Crippen molar-refractivity contribution in [3.63, 3.8) is 0 Å². The van der Waals surface area contributed by atoms with Crippen molar-refractivity contribution in [2.45, 2.75) is 33.7 Å². The van der Waals surface area contributed by atoms with Gasteiger partial charge in [0.25, 0.3) is 6.01 Å². The molecule has 0 aliphatic rings. The molecule has 1 aromatic carbocycles. The van der Waals surface area contributed by atoms with Crippen LogP contribution in [0.2, 0.25) is 0 Å². The van der Waals surface area contributed by atoms with Gasteiger partial charge in [-0.2, -0.15) is 4.98 Å². The van der Waals surface area contributed by atoms with Gasteiger partial charge in [0.15, 0.2) is 0 Å². The SMILES string of the molecule is Cc1cc2nc(NC(C)C)oc(=O)c2cc1C. The third kappa shape index (κ3) is 2.30. The zero-order chi connectivity index (χ0) is 12.6. The van der Waals surface area contributed by atoms with Gasteiger partial charge in [0.2, 0.25) is 0 Å². The van der Waals surface area contributed by atoms with E-state index in [9.17, 15) is 4.79 Å². The second kappa shape index (κ2) is 4.20. The Hall–Kier alpha value is -1.84. The Morgan fingerprint density at radius 1 is 1.24 bits per heavy atom. The lowest BCUT2D eigenvalue weighted by atomic mass is 10.1. The number of nitrogens with zero attached hydrogens (tertiary/aromatic N) is 1. The molecule has 1 N–H and O–H groups in total. The molecule has 1 heterocycles. The predicted octanol–water partition coefficient (Wildman–Crippen LogP) is 2.63. The van der Waals surface area contributed by atoms with Crippen LogP contribution in [-0.4, -0.2) is 11.0 Å². The van der Waals surface area contributed by atoms with Crippen LogP contribution < -0.4 is 10.9 Å². The topological polar surface area (TPSA) is 55.1 Å². The highest BCUT2D eigenvalue weighted by Crippen LogP contribution is 2.16. The number of aromatic nitrogens is 1. The van der Waals surface area contributed by atoms with E-state index in [1.165, 1.54) is 0 Å². The number of hydrogen-bond donors (Lipinski definition) is 1. The van der Waals surface area contributed by atoms with Crippen LogP contribution in [0.1, 0.15) is 25.0 Å². The van der Waals surface area contributed by atoms with Gasteiger partial charge in [0, 0.05) is 6.04 Å². The van der Waals surface area contributed by atoms with E-state index in [1.54, 1.807) is 0 Å². The van der Waals surface area contributed by atoms with Crippen LogP contribution in [0, 0.1) is 13.8 Å². The molecule has 0 aliphatic heterocycles. The summed E-state index contributed by atoms with van der Waals surface area (Å²) in [5.74, 6) is 0. The van der Waals surface area contributed by atoms with Gasteiger partial charge in [-0.05, 0) is 51.0 Å². The van der Waals surface area contributed by atoms with E-state index in [0.29, 0.717) is 10.9 Å². The number of aryl methyl sites for hydroxylation is 2. The smallest absolute Gasteiger partial charge is 0.348 e. The molecule has 0 fully saturated rings. The summed E-state index contributed by atoms with van der Waals surface area (Å²) in [6.07, 6.45) is 0. The lowest BCUT2D eigenvalue weighted by Gasteiger charge is -2.08. The highest BCUT2D eigenvalue weighted by molar-refractivity contribution is 5.79. The first-order valence-corrected chi connectivity index (χ1v) is 5.66. The second-order valence-corrected chi connectivity index (χ2v) is 4.56. The molecule has 2 aromatic rings. The van der Waals surface area contributed by atoms with Gasteiger partial charge in [0.05, 0.1) is 10.9 Å². The highest BCUT2D eigenvalue weighted by Gasteiger charge is 2.08. The first kappa shape index (κ1) is 11.6. The first-order valence-electron chi connectivity index (χ1n) is 5.66. The van der Waals surface area contributed by atoms with Crippen LogP contribution in [0.25, 0.3) is 10.9 Å². The zero-order valence-electron chi connectivity index (χ0n) is 10.5. The van der Waals surface area contributed by atoms with Crippen molar-refractivity contribution < 1.29 is 4.42 Å². The standard InChI is InChI=1S/C13H16N2O2/c1-7(2)14-13-15-11-6-9(4)8(3)5-10(11)12(16)17-13/h5-7H,1-4H3,(H,14,15). The van der Waals surface area contributed by atoms with Crippen LogP contribution in [-0.2, 0) is 0 Å². The van der Waals surface area contributed by atoms with Gasteiger partial charge in [-0.1, -0.05) is 0 Å². The minimum absolute atomic E-state index is 0.176. The maximum Gasteiger partial charge on any atom is 0.348 e. The van der Waals surface area contributed by atoms with Crippen molar-refractivity contribution >= 4 is 16.9 Å². The molecule has 0 aliphatic carbocycles. The molecule has 0 saturated heterocycles. The van der Waals surface area contributed by atoms with Gasteiger partial charge in [-0.3, -0.25) is 0 Å². The molecule has 0 amide bonds. The molecule has 0 saturated carbocycles. The number of fused-ring (bicyclic) bond motifs is 1. The lowest BCUT2D eigenvalue weighted by molar-refractivity contribution is 0.511. The van der Waals surface area contributed by atoms with Crippen molar-refractivity contribution in [3.8, 4) is 0 Å². The van der Waals surface area contributed by atoms with E-state index < -0.39 is 0 Å². The second-order valence-electron chi connectivity index (χ2n) is 4.56. The Labute approximate surface area is 99.7 Å². The van der Waals surface area contributed by atoms with E-state index in [4.69, 9.17) is 4.42 Å². The van der Waals surface area contributed by atoms with Gasteiger partial charge in [-0.25, -0.2) is 4.79 Å². The molecular weight excluding hydrogens is 216 g/mol. The fourth-order valence-corrected chi connectivity index (χ4v) is 1.64. The average Bonchev–Trinajstić information content (AvgIpc) is 2.20. The normalized spacial score (nSPS) is 11.1. The zero-order valence-corrected chi connectivity index (χ0v) is 10.5. The van der Waals surface area contributed by atoms with E-state index in [2.05, 4.69) is 10.3 Å². The molecule has 2 rings (SSSR count). The maximum atomic E-state index is 11.8. The van der Waals surface area contributed by atoms with E-state index in [1.807, 2.05) is 39.8 Å². The van der Waals surface area contributed by atoms with Gasteiger partial charge in [0.1, 0.15) is 0 Å². The minimum atomic E-state index is -0.346. The fraction of sp³-hybridized carbons (Fsp3) is 0.385. The number of benzene rings is 1. The molecule has 4 nitrogen and oxygen atoms in total. The maximum absolute atomic E-state index is 11.8. The van der Waals surface area contributed by atoms with Crippen molar-refractivity contribution in [2.75, 3.05) is 5.32 Å². The number of rotatable bonds is 2. The Balaban J connectivity index is 2.65. The molecule has 0 bridgehead atoms. The van der Waals surface area contributed by atoms with Gasteiger partial charge < -0.3 is 9.73 Å². The van der Waals surface area contributed by atoms with E-state index in [0.717, 1.165) is 11.1 Å². The van der Waals surface area contributed by atoms with Crippen molar-refractivity contribution in [3.05, 3.63) is 33.7 Å². The first-order chi connectivity index (χ1) is 7.97. The van der Waals surface area contributed by atoms with Crippen LogP contribution in [0.15, 0.2) is 21.3 Å². The summed E-state index contributed by atoms with van der Waals surface area (Å²) >= 11 is 0. The van der Waals surface area contributed by atoms with Crippen molar-refractivity contribution in [1.29, 1.82) is 0 Å². The quantitative estimate of drug-likeness (QED) is 0.864. The monoisotopic (exact) mass is 232 g/mol. The Morgan fingerprint density at radius 2 is 1.88 bits per heavy atom. The molecule has 90 valence electrons. The van der Waals surface area contributed by atoms with Crippen LogP contribution in [0.5, 0.6) is 0 Å². The average molecular weight is 232 g/mol. The predicted molar refractivity (Wildman–Crippen MR) is 68.5 cm³/mol. The summed E-state index contributed by atoms with van der Waals surface area (Å²) in [5, 5.41) is 3.52. The molecule has 0 spiro atoms. The third-order valence-corrected chi connectivity index (χ3v) is 2.66. The summed E-state index contributed by atoms with van der Waals surface area (Å²) in [5.41, 5.74) is 2.51. The number of nitrogens with one attached hydrogen (secondary N) is 1. The Morgan fingerprint density at radius 3 is 2.53 bits per heavy atom. The Kier molecular flexibility index (Phi) is 2.88. The summed E-state index contributed by atoms with van der Waals surface area (Å²) in [6, 6.07) is 4.19. The fourth-order valence-electron chi connectivity index (χ4n) is 1.64. The molecular formula is C13H16N2O2. The van der Waals surface area contributed by atoms with Crippen molar-refractivity contribution in [1.82, 2.24) is 4.98 Å². The molecule has 0 radical (unpaired) electrons. The molecule has 17 heavy (non-hydrogen) atoms. The summed E-state index contributed by atoms with van der Waals surface area (Å²) in [7, 11) is 0. The largest absolute Gasteiger partial charge is 0.389 e. The van der Waals surface area contributed by atoms with Crippen molar-refractivity contribution in [2.24, 2.45) is 0 Å². The highest BCUT2D eigenvalue weighted by atomic mass is 16.4.